The first-order chi connectivity index (χ1) is 20.8. The molecule has 0 aliphatic carbocycles. The third-order valence-corrected chi connectivity index (χ3v) is 6.30. The van der Waals surface area contributed by atoms with E-state index in [0.717, 1.165) is 4.90 Å². The summed E-state index contributed by atoms with van der Waals surface area (Å²) in [5.41, 5.74) is 5.75. The summed E-state index contributed by atoms with van der Waals surface area (Å²) in [7, 11) is 0. The van der Waals surface area contributed by atoms with Crippen molar-refractivity contribution in [3.8, 4) is 0 Å². The van der Waals surface area contributed by atoms with Gasteiger partial charge in [0.15, 0.2) is 0 Å². The van der Waals surface area contributed by atoms with Crippen LogP contribution < -0.4 is 32.3 Å². The van der Waals surface area contributed by atoms with Crippen LogP contribution in [0.25, 0.3) is 0 Å². The zero-order valence-corrected chi connectivity index (χ0v) is 23.9. The fourth-order valence-corrected chi connectivity index (χ4v) is 4.08. The second-order valence-electron chi connectivity index (χ2n) is 9.95. The number of nitrogens with two attached hydrogens (primary N) is 1. The molecule has 0 saturated carbocycles. The van der Waals surface area contributed by atoms with Gasteiger partial charge in [-0.15, -0.1) is 0 Å². The predicted molar refractivity (Wildman–Crippen MR) is 150 cm³/mol. The first-order valence-corrected chi connectivity index (χ1v) is 13.6. The van der Waals surface area contributed by atoms with Gasteiger partial charge >= 0.3 is 5.97 Å². The molecule has 1 aromatic rings. The Morgan fingerprint density at radius 3 is 2.05 bits per heavy atom. The van der Waals surface area contributed by atoms with Crippen LogP contribution in [0.15, 0.2) is 30.3 Å². The van der Waals surface area contributed by atoms with Crippen molar-refractivity contribution in [2.24, 2.45) is 11.7 Å². The minimum atomic E-state index is -1.57. The summed E-state index contributed by atoms with van der Waals surface area (Å²) < 4.78 is 0. The second kappa shape index (κ2) is 16.9. The Hall–Kier alpha value is -5.35. The van der Waals surface area contributed by atoms with E-state index in [0.29, 0.717) is 5.56 Å². The fourth-order valence-electron chi connectivity index (χ4n) is 4.08. The number of carbonyl (C=O) groups is 9. The molecule has 1 aromatic carbocycles. The number of imide groups is 1. The number of carbonyl (C=O) groups excluding carboxylic acids is 8. The molecule has 0 bridgehead atoms. The third kappa shape index (κ3) is 11.9. The van der Waals surface area contributed by atoms with Crippen LogP contribution in [0.5, 0.6) is 0 Å². The molecule has 3 atom stereocenters. The number of primary amides is 1. The quantitative estimate of drug-likeness (QED) is 0.0841. The Balaban J connectivity index is 1.85. The molecule has 0 aromatic heterocycles. The molecule has 17 heteroatoms. The average Bonchev–Trinajstić information content (AvgIpc) is 3.21. The highest BCUT2D eigenvalue weighted by Crippen LogP contribution is 2.18. The van der Waals surface area contributed by atoms with Gasteiger partial charge in [-0.05, 0) is 5.56 Å². The summed E-state index contributed by atoms with van der Waals surface area (Å²) in [5, 5.41) is 20.5. The SMILES string of the molecule is CC1CC(=O)N(CCC(=O)NC(CC(=O)O)C(=O)NCC(=O)NCC(=O)N[C@@H](Cc2ccccc2)C(=O)NCC(N)=O)C1=O. The second-order valence-corrected chi connectivity index (χ2v) is 9.95. The van der Waals surface area contributed by atoms with E-state index >= 15 is 0 Å². The molecule has 8 N–H and O–H groups in total. The molecule has 2 unspecified atom stereocenters. The third-order valence-electron chi connectivity index (χ3n) is 6.30. The molecular weight excluding hydrogens is 582 g/mol. The maximum Gasteiger partial charge on any atom is 0.305 e. The molecular formula is C27H35N7O10. The molecule has 8 amide bonds. The highest BCUT2D eigenvalue weighted by molar-refractivity contribution is 6.03. The summed E-state index contributed by atoms with van der Waals surface area (Å²) in [6.07, 6.45) is -1.09. The largest absolute Gasteiger partial charge is 0.481 e. The Labute approximate surface area is 251 Å². The van der Waals surface area contributed by atoms with Crippen molar-refractivity contribution in [1.29, 1.82) is 0 Å². The standard InChI is InChI=1S/C27H35N7O10/c1-15-9-23(39)34(27(15)44)8-7-20(36)32-18(11-24(40)41)26(43)31-13-21(37)29-14-22(38)33-17(25(42)30-12-19(28)35)10-16-5-3-2-4-6-16/h2-6,15,17-18H,7-14H2,1H3,(H2,28,35)(H,29,37)(H,30,42)(H,31,43)(H,32,36)(H,33,38)(H,40,41)/t15?,17-,18?/m0/s1. The number of amides is 8. The number of benzene rings is 1. The molecule has 2 rings (SSSR count). The van der Waals surface area contributed by atoms with E-state index in [1.807, 2.05) is 0 Å². The van der Waals surface area contributed by atoms with Crippen molar-refractivity contribution in [1.82, 2.24) is 31.5 Å². The van der Waals surface area contributed by atoms with Crippen molar-refractivity contribution in [3.05, 3.63) is 35.9 Å². The number of hydrogen-bond acceptors (Lipinski definition) is 9. The average molecular weight is 618 g/mol. The zero-order valence-electron chi connectivity index (χ0n) is 23.9. The van der Waals surface area contributed by atoms with Crippen molar-refractivity contribution >= 4 is 53.2 Å². The minimum Gasteiger partial charge on any atom is -0.481 e. The van der Waals surface area contributed by atoms with Gasteiger partial charge in [0.25, 0.3) is 0 Å². The highest BCUT2D eigenvalue weighted by atomic mass is 16.4. The molecule has 1 saturated heterocycles. The van der Waals surface area contributed by atoms with Crippen molar-refractivity contribution in [3.63, 3.8) is 0 Å². The molecule has 17 nitrogen and oxygen atoms in total. The van der Waals surface area contributed by atoms with Crippen molar-refractivity contribution in [2.45, 2.75) is 44.7 Å². The van der Waals surface area contributed by atoms with E-state index in [2.05, 4.69) is 26.6 Å². The first-order valence-electron chi connectivity index (χ1n) is 13.6. The van der Waals surface area contributed by atoms with E-state index < -0.39 is 97.3 Å². The molecule has 1 aliphatic rings. The van der Waals surface area contributed by atoms with E-state index in [4.69, 9.17) is 10.8 Å². The van der Waals surface area contributed by atoms with Gasteiger partial charge in [0.2, 0.25) is 47.3 Å². The van der Waals surface area contributed by atoms with Crippen LogP contribution in [0.2, 0.25) is 0 Å². The van der Waals surface area contributed by atoms with Gasteiger partial charge in [0, 0.05) is 31.7 Å². The molecule has 1 heterocycles. The van der Waals surface area contributed by atoms with Crippen molar-refractivity contribution < 1.29 is 48.3 Å². The number of rotatable bonds is 17. The normalized spacial score (nSPS) is 15.5. The van der Waals surface area contributed by atoms with E-state index in [9.17, 15) is 43.2 Å². The molecule has 0 radical (unpaired) electrons. The summed E-state index contributed by atoms with van der Waals surface area (Å²) in [6.45, 7) is -0.383. The molecule has 44 heavy (non-hydrogen) atoms. The van der Waals surface area contributed by atoms with Crippen molar-refractivity contribution in [2.75, 3.05) is 26.2 Å². The van der Waals surface area contributed by atoms with Gasteiger partial charge < -0.3 is 37.4 Å². The first kappa shape index (κ1) is 34.8. The van der Waals surface area contributed by atoms with Crippen LogP contribution in [0.1, 0.15) is 31.7 Å². The van der Waals surface area contributed by atoms with Crippen LogP contribution in [-0.4, -0.2) is 101 Å². The van der Waals surface area contributed by atoms with Crippen LogP contribution in [0, 0.1) is 5.92 Å². The van der Waals surface area contributed by atoms with Gasteiger partial charge in [-0.2, -0.15) is 0 Å². The Morgan fingerprint density at radius 2 is 1.45 bits per heavy atom. The molecule has 1 fully saturated rings. The number of carboxylic acids is 1. The number of nitrogens with zero attached hydrogens (tertiary/aromatic N) is 1. The van der Waals surface area contributed by atoms with E-state index in [1.54, 1.807) is 37.3 Å². The van der Waals surface area contributed by atoms with Crippen LogP contribution in [0.4, 0.5) is 0 Å². The van der Waals surface area contributed by atoms with Gasteiger partial charge in [-0.25, -0.2) is 0 Å². The Bertz CT molecular complexity index is 1290. The fraction of sp³-hybridized carbons (Fsp3) is 0.444. The summed E-state index contributed by atoms with van der Waals surface area (Å²) in [4.78, 5) is 109. The van der Waals surface area contributed by atoms with Crippen LogP contribution in [0.3, 0.4) is 0 Å². The lowest BCUT2D eigenvalue weighted by atomic mass is 10.1. The number of aliphatic carboxylic acids is 1. The van der Waals surface area contributed by atoms with Crippen LogP contribution >= 0.6 is 0 Å². The molecule has 1 aliphatic heterocycles. The maximum absolute atomic E-state index is 12.5. The van der Waals surface area contributed by atoms with Crippen LogP contribution in [-0.2, 0) is 49.6 Å². The Kier molecular flexibility index (Phi) is 13.4. The lowest BCUT2D eigenvalue weighted by Crippen LogP contribution is -2.53. The smallest absolute Gasteiger partial charge is 0.305 e. The monoisotopic (exact) mass is 617 g/mol. The molecule has 238 valence electrons. The van der Waals surface area contributed by atoms with Gasteiger partial charge in [-0.1, -0.05) is 37.3 Å². The number of likely N-dealkylation sites (tertiary alicyclic amines) is 1. The van der Waals surface area contributed by atoms with Gasteiger partial charge in [-0.3, -0.25) is 48.1 Å². The summed E-state index contributed by atoms with van der Waals surface area (Å²) in [6, 6.07) is 6.00. The van der Waals surface area contributed by atoms with E-state index in [-0.39, 0.29) is 25.8 Å². The topological polar surface area (TPSA) is 263 Å². The summed E-state index contributed by atoms with van der Waals surface area (Å²) in [5.74, 6) is -7.66. The van der Waals surface area contributed by atoms with E-state index in [1.165, 1.54) is 0 Å². The Morgan fingerprint density at radius 1 is 0.864 bits per heavy atom. The minimum absolute atomic E-state index is 0.0226. The predicted octanol–water partition coefficient (Wildman–Crippen LogP) is -3.71. The maximum atomic E-state index is 12.5. The molecule has 0 spiro atoms. The number of nitrogens with one attached hydrogen (secondary N) is 5. The summed E-state index contributed by atoms with van der Waals surface area (Å²) >= 11 is 0. The highest BCUT2D eigenvalue weighted by Gasteiger charge is 2.35. The van der Waals surface area contributed by atoms with Gasteiger partial charge in [0.1, 0.15) is 12.1 Å². The zero-order chi connectivity index (χ0) is 32.8. The van der Waals surface area contributed by atoms with Gasteiger partial charge in [0.05, 0.1) is 26.1 Å². The number of carboxylic acid groups (broad SMARTS) is 1. The number of hydrogen-bond donors (Lipinski definition) is 7. The lowest BCUT2D eigenvalue weighted by molar-refractivity contribution is -0.140. The lowest BCUT2D eigenvalue weighted by Gasteiger charge is -2.19.